The summed E-state index contributed by atoms with van der Waals surface area (Å²) in [5.74, 6) is -1.84. The van der Waals surface area contributed by atoms with Crippen molar-refractivity contribution in [2.75, 3.05) is 24.7 Å². The Morgan fingerprint density at radius 1 is 1.19 bits per heavy atom. The van der Waals surface area contributed by atoms with E-state index in [-0.39, 0.29) is 6.42 Å². The Morgan fingerprint density at radius 2 is 1.81 bits per heavy atom. The van der Waals surface area contributed by atoms with E-state index in [0.717, 1.165) is 4.90 Å². The molecular weight excluding hydrogens is 291 g/mol. The number of aliphatic carboxylic acids is 1. The number of halogens is 3. The summed E-state index contributed by atoms with van der Waals surface area (Å²) in [7, 11) is 0. The number of ether oxygens (including phenoxy) is 1. The first-order chi connectivity index (χ1) is 9.79. The summed E-state index contributed by atoms with van der Waals surface area (Å²) in [5, 5.41) is 8.80. The summed E-state index contributed by atoms with van der Waals surface area (Å²) in [6.45, 7) is -2.44. The largest absolute Gasteiger partial charge is 0.480 e. The minimum atomic E-state index is -4.46. The summed E-state index contributed by atoms with van der Waals surface area (Å²) in [4.78, 5) is 23.7. The van der Waals surface area contributed by atoms with Crippen LogP contribution in [0.2, 0.25) is 0 Å². The number of hydrogen-bond donors (Lipinski definition) is 1. The number of carboxylic acid groups (broad SMARTS) is 1. The molecular formula is C13H14F3NO4. The van der Waals surface area contributed by atoms with E-state index in [1.807, 2.05) is 0 Å². The number of carbonyl (C=O) groups excluding carboxylic acids is 1. The van der Waals surface area contributed by atoms with E-state index in [4.69, 9.17) is 5.11 Å². The van der Waals surface area contributed by atoms with Crippen molar-refractivity contribution in [1.82, 2.24) is 0 Å². The van der Waals surface area contributed by atoms with Crippen LogP contribution < -0.4 is 4.90 Å². The van der Waals surface area contributed by atoms with Crippen LogP contribution in [0.5, 0.6) is 0 Å². The fourth-order valence-electron chi connectivity index (χ4n) is 1.55. The highest BCUT2D eigenvalue weighted by molar-refractivity contribution is 5.97. The Labute approximate surface area is 118 Å². The number of carboxylic acids is 1. The lowest BCUT2D eigenvalue weighted by Gasteiger charge is -2.20. The van der Waals surface area contributed by atoms with Crippen LogP contribution in [0, 0.1) is 0 Å². The van der Waals surface area contributed by atoms with Crippen molar-refractivity contribution in [3.8, 4) is 0 Å². The van der Waals surface area contributed by atoms with Crippen LogP contribution in [0.3, 0.4) is 0 Å². The Hall–Kier alpha value is -2.09. The number of para-hydroxylation sites is 1. The fourth-order valence-corrected chi connectivity index (χ4v) is 1.55. The van der Waals surface area contributed by atoms with Crippen molar-refractivity contribution in [3.63, 3.8) is 0 Å². The van der Waals surface area contributed by atoms with E-state index >= 15 is 0 Å². The molecule has 0 saturated heterocycles. The number of hydrogen-bond acceptors (Lipinski definition) is 3. The summed E-state index contributed by atoms with van der Waals surface area (Å²) in [6, 6.07) is 8.02. The zero-order chi connectivity index (χ0) is 15.9. The number of carbonyl (C=O) groups is 2. The number of amides is 1. The molecule has 21 heavy (non-hydrogen) atoms. The van der Waals surface area contributed by atoms with Crippen molar-refractivity contribution in [3.05, 3.63) is 30.3 Å². The second-order valence-corrected chi connectivity index (χ2v) is 4.13. The van der Waals surface area contributed by atoms with E-state index in [0.29, 0.717) is 5.69 Å². The van der Waals surface area contributed by atoms with Gasteiger partial charge in [-0.25, -0.2) is 0 Å². The average molecular weight is 305 g/mol. The molecule has 8 heteroatoms. The molecule has 0 fully saturated rings. The van der Waals surface area contributed by atoms with Gasteiger partial charge in [-0.15, -0.1) is 0 Å². The van der Waals surface area contributed by atoms with Gasteiger partial charge in [-0.2, -0.15) is 13.2 Å². The number of nitrogens with zero attached hydrogens (tertiary/aromatic N) is 1. The van der Waals surface area contributed by atoms with E-state index in [1.54, 1.807) is 18.2 Å². The van der Waals surface area contributed by atoms with E-state index < -0.39 is 37.8 Å². The Kier molecular flexibility index (Phi) is 6.16. The standard InChI is InChI=1S/C13H14F3NO4/c14-13(15,16)9-21-7-6-11(18)17(8-12(19)20)10-4-2-1-3-5-10/h1-5H,6-9H2,(H,19,20). The smallest absolute Gasteiger partial charge is 0.411 e. The molecule has 0 saturated carbocycles. The van der Waals surface area contributed by atoms with Crippen molar-refractivity contribution in [2.24, 2.45) is 0 Å². The Bertz CT molecular complexity index is 476. The number of anilines is 1. The molecule has 0 bridgehead atoms. The summed E-state index contributed by atoms with van der Waals surface area (Å²) in [6.07, 6.45) is -4.79. The van der Waals surface area contributed by atoms with Gasteiger partial charge < -0.3 is 14.7 Å². The van der Waals surface area contributed by atoms with Gasteiger partial charge >= 0.3 is 12.1 Å². The maximum Gasteiger partial charge on any atom is 0.411 e. The van der Waals surface area contributed by atoms with Crippen LogP contribution in [-0.2, 0) is 14.3 Å². The first kappa shape index (κ1) is 17.0. The van der Waals surface area contributed by atoms with Crippen LogP contribution in [0.1, 0.15) is 6.42 Å². The number of rotatable bonds is 7. The van der Waals surface area contributed by atoms with E-state index in [9.17, 15) is 22.8 Å². The second kappa shape index (κ2) is 7.63. The van der Waals surface area contributed by atoms with Gasteiger partial charge in [0.05, 0.1) is 13.0 Å². The third kappa shape index (κ3) is 6.75. The predicted molar refractivity (Wildman–Crippen MR) is 67.9 cm³/mol. The van der Waals surface area contributed by atoms with Gasteiger partial charge in [0.1, 0.15) is 13.2 Å². The molecule has 1 aromatic rings. The molecule has 0 aliphatic heterocycles. The van der Waals surface area contributed by atoms with Gasteiger partial charge in [-0.3, -0.25) is 9.59 Å². The first-order valence-electron chi connectivity index (χ1n) is 6.01. The molecule has 0 aliphatic rings. The molecule has 0 radical (unpaired) electrons. The number of benzene rings is 1. The molecule has 1 amide bonds. The topological polar surface area (TPSA) is 66.8 Å². The lowest BCUT2D eigenvalue weighted by molar-refractivity contribution is -0.174. The van der Waals surface area contributed by atoms with Gasteiger partial charge in [0, 0.05) is 5.69 Å². The van der Waals surface area contributed by atoms with Gasteiger partial charge in [0.25, 0.3) is 0 Å². The van der Waals surface area contributed by atoms with Crippen molar-refractivity contribution < 1.29 is 32.6 Å². The van der Waals surface area contributed by atoms with E-state index in [1.165, 1.54) is 12.1 Å². The third-order valence-corrected chi connectivity index (χ3v) is 2.39. The summed E-state index contributed by atoms with van der Waals surface area (Å²) < 4.78 is 40.0. The maximum atomic E-state index is 11.9. The highest BCUT2D eigenvalue weighted by Gasteiger charge is 2.27. The molecule has 5 nitrogen and oxygen atoms in total. The monoisotopic (exact) mass is 305 g/mol. The Balaban J connectivity index is 2.59. The molecule has 1 N–H and O–H groups in total. The normalized spacial score (nSPS) is 11.2. The van der Waals surface area contributed by atoms with Gasteiger partial charge in [0.15, 0.2) is 0 Å². The minimum absolute atomic E-state index is 0.335. The van der Waals surface area contributed by atoms with Crippen LogP contribution in [0.4, 0.5) is 18.9 Å². The third-order valence-electron chi connectivity index (χ3n) is 2.39. The molecule has 0 spiro atoms. The molecule has 0 unspecified atom stereocenters. The zero-order valence-corrected chi connectivity index (χ0v) is 11.0. The second-order valence-electron chi connectivity index (χ2n) is 4.13. The molecule has 0 aromatic heterocycles. The molecule has 1 rings (SSSR count). The molecule has 1 aromatic carbocycles. The van der Waals surface area contributed by atoms with Crippen LogP contribution in [0.15, 0.2) is 30.3 Å². The average Bonchev–Trinajstić information content (AvgIpc) is 2.40. The molecule has 0 atom stereocenters. The van der Waals surface area contributed by atoms with Crippen molar-refractivity contribution in [2.45, 2.75) is 12.6 Å². The fraction of sp³-hybridized carbons (Fsp3) is 0.385. The van der Waals surface area contributed by atoms with Crippen molar-refractivity contribution in [1.29, 1.82) is 0 Å². The van der Waals surface area contributed by atoms with Crippen LogP contribution in [-0.4, -0.2) is 42.9 Å². The molecule has 0 aliphatic carbocycles. The zero-order valence-electron chi connectivity index (χ0n) is 11.0. The lowest BCUT2D eigenvalue weighted by Crippen LogP contribution is -2.36. The quantitative estimate of drug-likeness (QED) is 0.783. The van der Waals surface area contributed by atoms with Gasteiger partial charge in [-0.05, 0) is 12.1 Å². The van der Waals surface area contributed by atoms with Crippen molar-refractivity contribution >= 4 is 17.6 Å². The van der Waals surface area contributed by atoms with Crippen LogP contribution >= 0.6 is 0 Å². The Morgan fingerprint density at radius 3 is 2.33 bits per heavy atom. The highest BCUT2D eigenvalue weighted by atomic mass is 19.4. The van der Waals surface area contributed by atoms with Crippen LogP contribution in [0.25, 0.3) is 0 Å². The molecule has 0 heterocycles. The van der Waals surface area contributed by atoms with E-state index in [2.05, 4.69) is 4.74 Å². The summed E-state index contributed by atoms with van der Waals surface area (Å²) in [5.41, 5.74) is 0.362. The maximum absolute atomic E-state index is 11.9. The highest BCUT2D eigenvalue weighted by Crippen LogP contribution is 2.16. The number of alkyl halides is 3. The predicted octanol–water partition coefficient (Wildman–Crippen LogP) is 2.07. The van der Waals surface area contributed by atoms with Gasteiger partial charge in [-0.1, -0.05) is 18.2 Å². The first-order valence-corrected chi connectivity index (χ1v) is 6.01. The van der Waals surface area contributed by atoms with Gasteiger partial charge in [0.2, 0.25) is 5.91 Å². The molecule has 116 valence electrons. The SMILES string of the molecule is O=C(O)CN(C(=O)CCOCC(F)(F)F)c1ccccc1. The lowest BCUT2D eigenvalue weighted by atomic mass is 10.2. The minimum Gasteiger partial charge on any atom is -0.480 e. The summed E-state index contributed by atoms with van der Waals surface area (Å²) >= 11 is 0.